The van der Waals surface area contributed by atoms with Crippen LogP contribution in [-0.4, -0.2) is 44.1 Å². The van der Waals surface area contributed by atoms with E-state index in [2.05, 4.69) is 4.72 Å². The molecule has 0 saturated carbocycles. The second-order valence-electron chi connectivity index (χ2n) is 5.44. The first-order valence-electron chi connectivity index (χ1n) is 7.42. The Morgan fingerprint density at radius 2 is 1.95 bits per heavy atom. The largest absolute Gasteiger partial charge is 0.342 e. The highest BCUT2D eigenvalue weighted by Crippen LogP contribution is 2.14. The van der Waals surface area contributed by atoms with Gasteiger partial charge in [-0.2, -0.15) is 0 Å². The first-order chi connectivity index (χ1) is 10.4. The maximum Gasteiger partial charge on any atom is 0.227 e. The van der Waals surface area contributed by atoms with Crippen LogP contribution in [0.25, 0.3) is 0 Å². The zero-order chi connectivity index (χ0) is 16.2. The highest BCUT2D eigenvalue weighted by atomic mass is 32.2. The first-order valence-corrected chi connectivity index (χ1v) is 9.07. The first kappa shape index (κ1) is 16.9. The Bertz CT molecular complexity index is 625. The van der Waals surface area contributed by atoms with Crippen molar-refractivity contribution in [1.29, 1.82) is 0 Å². The van der Waals surface area contributed by atoms with Gasteiger partial charge in [0.25, 0.3) is 0 Å². The molecule has 0 unspecified atom stereocenters. The molecule has 1 saturated heterocycles. The fourth-order valence-corrected chi connectivity index (χ4v) is 3.41. The number of carbonyl (C=O) groups excluding carboxylic acids is 1. The van der Waals surface area contributed by atoms with Crippen molar-refractivity contribution >= 4 is 15.9 Å². The number of hydrogen-bond acceptors (Lipinski definition) is 3. The van der Waals surface area contributed by atoms with Gasteiger partial charge in [0.1, 0.15) is 5.82 Å². The summed E-state index contributed by atoms with van der Waals surface area (Å²) in [6, 6.07) is 6.12. The van der Waals surface area contributed by atoms with E-state index >= 15 is 0 Å². The Kier molecular flexibility index (Phi) is 5.52. The number of piperidine rings is 1. The van der Waals surface area contributed by atoms with Crippen molar-refractivity contribution in [3.05, 3.63) is 35.6 Å². The van der Waals surface area contributed by atoms with Gasteiger partial charge in [0.15, 0.2) is 0 Å². The smallest absolute Gasteiger partial charge is 0.227 e. The summed E-state index contributed by atoms with van der Waals surface area (Å²) in [6.45, 7) is 2.57. The summed E-state index contributed by atoms with van der Waals surface area (Å²) in [4.78, 5) is 13.9. The standard InChI is InChI=1S/C15H21FN2O3S/c1-2-22(20,21)17-13-7-9-18(10-8-13)15(19)11-12-5-3-4-6-14(12)16/h3-6,13,17H,2,7-11H2,1H3. The minimum Gasteiger partial charge on any atom is -0.342 e. The zero-order valence-corrected chi connectivity index (χ0v) is 13.4. The van der Waals surface area contributed by atoms with Crippen molar-refractivity contribution in [2.24, 2.45) is 0 Å². The Balaban J connectivity index is 1.86. The van der Waals surface area contributed by atoms with E-state index in [4.69, 9.17) is 0 Å². The monoisotopic (exact) mass is 328 g/mol. The molecule has 1 heterocycles. The van der Waals surface area contributed by atoms with Crippen molar-refractivity contribution < 1.29 is 17.6 Å². The molecule has 0 atom stereocenters. The number of nitrogens with zero attached hydrogens (tertiary/aromatic N) is 1. The number of hydrogen-bond donors (Lipinski definition) is 1. The molecular formula is C15H21FN2O3S. The molecule has 0 bridgehead atoms. The van der Waals surface area contributed by atoms with Crippen LogP contribution in [0.1, 0.15) is 25.3 Å². The lowest BCUT2D eigenvalue weighted by atomic mass is 10.0. The third-order valence-corrected chi connectivity index (χ3v) is 5.33. The summed E-state index contributed by atoms with van der Waals surface area (Å²) in [5, 5.41) is 0. The SMILES string of the molecule is CCS(=O)(=O)NC1CCN(C(=O)Cc2ccccc2F)CC1. The molecule has 1 aromatic carbocycles. The normalized spacial score (nSPS) is 16.7. The molecule has 7 heteroatoms. The van der Waals surface area contributed by atoms with Crippen molar-refractivity contribution in [3.8, 4) is 0 Å². The Labute approximate surface area is 130 Å². The molecule has 22 heavy (non-hydrogen) atoms. The van der Waals surface area contributed by atoms with Gasteiger partial charge in [-0.05, 0) is 31.4 Å². The quantitative estimate of drug-likeness (QED) is 0.886. The lowest BCUT2D eigenvalue weighted by Gasteiger charge is -2.32. The molecule has 5 nitrogen and oxygen atoms in total. The molecule has 122 valence electrons. The van der Waals surface area contributed by atoms with E-state index in [9.17, 15) is 17.6 Å². The Hall–Kier alpha value is -1.47. The average Bonchev–Trinajstić information content (AvgIpc) is 2.50. The third-order valence-electron chi connectivity index (χ3n) is 3.87. The van der Waals surface area contributed by atoms with Crippen LogP contribution in [0.3, 0.4) is 0 Å². The van der Waals surface area contributed by atoms with Crippen LogP contribution < -0.4 is 4.72 Å². The topological polar surface area (TPSA) is 66.5 Å². The third kappa shape index (κ3) is 4.51. The molecule has 0 aliphatic carbocycles. The number of amides is 1. The van der Waals surface area contributed by atoms with Crippen LogP contribution >= 0.6 is 0 Å². The highest BCUT2D eigenvalue weighted by molar-refractivity contribution is 7.89. The van der Waals surface area contributed by atoms with E-state index in [-0.39, 0.29) is 29.9 Å². The molecular weight excluding hydrogens is 307 g/mol. The molecule has 1 aromatic rings. The number of halogens is 1. The van der Waals surface area contributed by atoms with E-state index in [1.807, 2.05) is 0 Å². The van der Waals surface area contributed by atoms with Gasteiger partial charge < -0.3 is 4.90 Å². The lowest BCUT2D eigenvalue weighted by Crippen LogP contribution is -2.47. The van der Waals surface area contributed by atoms with E-state index < -0.39 is 10.0 Å². The van der Waals surface area contributed by atoms with E-state index in [0.717, 1.165) is 0 Å². The van der Waals surface area contributed by atoms with E-state index in [0.29, 0.717) is 31.5 Å². The summed E-state index contributed by atoms with van der Waals surface area (Å²) in [5.74, 6) is -0.442. The zero-order valence-electron chi connectivity index (χ0n) is 12.6. The molecule has 0 spiro atoms. The van der Waals surface area contributed by atoms with E-state index in [1.54, 1.807) is 30.0 Å². The number of likely N-dealkylation sites (tertiary alicyclic amines) is 1. The van der Waals surface area contributed by atoms with Crippen molar-refractivity contribution in [3.63, 3.8) is 0 Å². The fourth-order valence-electron chi connectivity index (χ4n) is 2.50. The Morgan fingerprint density at radius 1 is 1.32 bits per heavy atom. The molecule has 2 rings (SSSR count). The minimum atomic E-state index is -3.21. The maximum absolute atomic E-state index is 13.6. The number of nitrogens with one attached hydrogen (secondary N) is 1. The van der Waals surface area contributed by atoms with Crippen LogP contribution in [0.2, 0.25) is 0 Å². The maximum atomic E-state index is 13.6. The molecule has 1 amide bonds. The van der Waals surface area contributed by atoms with Gasteiger partial charge in [-0.15, -0.1) is 0 Å². The molecule has 1 aliphatic rings. The number of rotatable bonds is 5. The summed E-state index contributed by atoms with van der Waals surface area (Å²) in [6.07, 6.45) is 1.21. The summed E-state index contributed by atoms with van der Waals surface area (Å²) in [7, 11) is -3.21. The van der Waals surface area contributed by atoms with Crippen LogP contribution in [0, 0.1) is 5.82 Å². The minimum absolute atomic E-state index is 0.0397. The van der Waals surface area contributed by atoms with Crippen LogP contribution in [-0.2, 0) is 21.2 Å². The van der Waals surface area contributed by atoms with Crippen LogP contribution in [0.15, 0.2) is 24.3 Å². The van der Waals surface area contributed by atoms with Crippen molar-refractivity contribution in [2.75, 3.05) is 18.8 Å². The average molecular weight is 328 g/mol. The molecule has 1 N–H and O–H groups in total. The second kappa shape index (κ2) is 7.19. The van der Waals surface area contributed by atoms with Gasteiger partial charge in [0.05, 0.1) is 12.2 Å². The van der Waals surface area contributed by atoms with Crippen molar-refractivity contribution in [2.45, 2.75) is 32.2 Å². The lowest BCUT2D eigenvalue weighted by molar-refractivity contribution is -0.131. The Morgan fingerprint density at radius 3 is 2.55 bits per heavy atom. The van der Waals surface area contributed by atoms with Gasteiger partial charge in [0, 0.05) is 19.1 Å². The molecule has 0 aromatic heterocycles. The van der Waals surface area contributed by atoms with Gasteiger partial charge in [0.2, 0.25) is 15.9 Å². The molecule has 1 aliphatic heterocycles. The van der Waals surface area contributed by atoms with Gasteiger partial charge >= 0.3 is 0 Å². The summed E-state index contributed by atoms with van der Waals surface area (Å²) < 4.78 is 39.3. The van der Waals surface area contributed by atoms with Crippen molar-refractivity contribution in [1.82, 2.24) is 9.62 Å². The van der Waals surface area contributed by atoms with Gasteiger partial charge in [-0.3, -0.25) is 4.79 Å². The van der Waals surface area contributed by atoms with Gasteiger partial charge in [-0.25, -0.2) is 17.5 Å². The van der Waals surface area contributed by atoms with E-state index in [1.165, 1.54) is 6.07 Å². The highest BCUT2D eigenvalue weighted by Gasteiger charge is 2.25. The second-order valence-corrected chi connectivity index (χ2v) is 7.49. The van der Waals surface area contributed by atoms with Crippen LogP contribution in [0.4, 0.5) is 4.39 Å². The number of carbonyl (C=O) groups is 1. The summed E-state index contributed by atoms with van der Waals surface area (Å²) >= 11 is 0. The number of sulfonamides is 1. The molecule has 1 fully saturated rings. The van der Waals surface area contributed by atoms with Crippen LogP contribution in [0.5, 0.6) is 0 Å². The predicted octanol–water partition coefficient (Wildman–Crippen LogP) is 1.30. The summed E-state index contributed by atoms with van der Waals surface area (Å²) in [5.41, 5.74) is 0.390. The predicted molar refractivity (Wildman–Crippen MR) is 82.3 cm³/mol. The fraction of sp³-hybridized carbons (Fsp3) is 0.533. The molecule has 0 radical (unpaired) electrons. The number of benzene rings is 1. The van der Waals surface area contributed by atoms with Gasteiger partial charge in [-0.1, -0.05) is 18.2 Å².